The monoisotopic (exact) mass is 412 g/mol. The summed E-state index contributed by atoms with van der Waals surface area (Å²) in [6, 6.07) is 10.5. The fourth-order valence-electron chi connectivity index (χ4n) is 4.45. The number of carbonyl (C=O) groups excluding carboxylic acids is 1. The summed E-state index contributed by atoms with van der Waals surface area (Å²) < 4.78 is 31.8. The van der Waals surface area contributed by atoms with Gasteiger partial charge in [0.2, 0.25) is 5.91 Å². The van der Waals surface area contributed by atoms with Crippen molar-refractivity contribution in [2.24, 2.45) is 0 Å². The Bertz CT molecular complexity index is 1060. The van der Waals surface area contributed by atoms with Gasteiger partial charge in [0.25, 0.3) is 0 Å². The van der Waals surface area contributed by atoms with E-state index in [-0.39, 0.29) is 35.5 Å². The zero-order valence-electron chi connectivity index (χ0n) is 16.3. The number of aromatic nitrogens is 1. The molecule has 3 heterocycles. The zero-order valence-corrected chi connectivity index (χ0v) is 16.3. The van der Waals surface area contributed by atoms with Gasteiger partial charge in [-0.2, -0.15) is 0 Å². The van der Waals surface area contributed by atoms with Crippen LogP contribution in [-0.2, 0) is 4.79 Å². The number of rotatable bonds is 3. The third kappa shape index (κ3) is 3.57. The summed E-state index contributed by atoms with van der Waals surface area (Å²) in [5, 5.41) is 5.00. The first-order valence-corrected chi connectivity index (χ1v) is 10.2. The van der Waals surface area contributed by atoms with Gasteiger partial charge < -0.3 is 9.42 Å². The van der Waals surface area contributed by atoms with Crippen LogP contribution in [0.25, 0.3) is 11.0 Å². The third-order valence-electron chi connectivity index (χ3n) is 6.13. The molecule has 0 spiro atoms. The second-order valence-electron chi connectivity index (χ2n) is 7.99. The van der Waals surface area contributed by atoms with Crippen molar-refractivity contribution >= 4 is 16.9 Å². The number of fused-ring (bicyclic) bond motifs is 1. The number of hydrogen-bond donors (Lipinski definition) is 2. The van der Waals surface area contributed by atoms with E-state index in [1.54, 1.807) is 18.2 Å². The van der Waals surface area contributed by atoms with Gasteiger partial charge in [-0.05, 0) is 49.1 Å². The molecule has 0 aliphatic carbocycles. The third-order valence-corrected chi connectivity index (χ3v) is 6.13. The number of likely N-dealkylation sites (tertiary alicyclic amines) is 1. The average Bonchev–Trinajstić information content (AvgIpc) is 3.41. The van der Waals surface area contributed by atoms with Crippen LogP contribution in [0.1, 0.15) is 42.5 Å². The van der Waals surface area contributed by atoms with E-state index in [9.17, 15) is 13.6 Å². The van der Waals surface area contributed by atoms with Gasteiger partial charge in [0.15, 0.2) is 5.58 Å². The molecule has 1 aromatic heterocycles. The molecule has 2 unspecified atom stereocenters. The smallest absolute Gasteiger partial charge is 0.241 e. The first-order valence-electron chi connectivity index (χ1n) is 10.2. The van der Waals surface area contributed by atoms with E-state index in [1.807, 2.05) is 4.90 Å². The molecule has 2 aliphatic rings. The van der Waals surface area contributed by atoms with Crippen molar-refractivity contribution in [2.45, 2.75) is 37.3 Å². The molecule has 0 bridgehead atoms. The highest BCUT2D eigenvalue weighted by Crippen LogP contribution is 2.33. The van der Waals surface area contributed by atoms with E-state index in [0.29, 0.717) is 25.1 Å². The van der Waals surface area contributed by atoms with Crippen molar-refractivity contribution in [3.63, 3.8) is 0 Å². The minimum absolute atomic E-state index is 0.0287. The number of amides is 1. The number of nitrogens with zero attached hydrogens (tertiary/aromatic N) is 2. The number of benzene rings is 2. The van der Waals surface area contributed by atoms with Gasteiger partial charge in [-0.15, -0.1) is 0 Å². The van der Waals surface area contributed by atoms with Gasteiger partial charge >= 0.3 is 0 Å². The summed E-state index contributed by atoms with van der Waals surface area (Å²) in [7, 11) is 0. The Morgan fingerprint density at radius 1 is 1.03 bits per heavy atom. The molecule has 2 aromatic carbocycles. The van der Waals surface area contributed by atoms with Crippen LogP contribution in [-0.4, -0.2) is 35.1 Å². The Hall–Kier alpha value is -2.84. The maximum atomic E-state index is 13.4. The number of nitrogens with one attached hydrogen (secondary N) is 2. The summed E-state index contributed by atoms with van der Waals surface area (Å²) >= 11 is 0. The molecular formula is C22H22F2N4O2. The average molecular weight is 412 g/mol. The van der Waals surface area contributed by atoms with E-state index >= 15 is 0 Å². The lowest BCUT2D eigenvalue weighted by Crippen LogP contribution is -2.48. The first kappa shape index (κ1) is 19.1. The second kappa shape index (κ2) is 7.77. The van der Waals surface area contributed by atoms with Gasteiger partial charge in [-0.25, -0.2) is 19.6 Å². The fraction of sp³-hybridized carbons (Fsp3) is 0.364. The summed E-state index contributed by atoms with van der Waals surface area (Å²) in [6.45, 7) is 1.27. The molecule has 1 amide bonds. The lowest BCUT2D eigenvalue weighted by atomic mass is 9.91. The minimum atomic E-state index is -0.345. The van der Waals surface area contributed by atoms with Crippen LogP contribution in [0.4, 0.5) is 8.78 Å². The Labute approximate surface area is 172 Å². The molecule has 8 heteroatoms. The zero-order chi connectivity index (χ0) is 20.7. The van der Waals surface area contributed by atoms with E-state index in [4.69, 9.17) is 4.52 Å². The Kier molecular flexibility index (Phi) is 4.96. The molecule has 6 nitrogen and oxygen atoms in total. The molecule has 5 rings (SSSR count). The van der Waals surface area contributed by atoms with Crippen LogP contribution >= 0.6 is 0 Å². The van der Waals surface area contributed by atoms with Crippen LogP contribution in [0, 0.1) is 11.6 Å². The molecule has 2 N–H and O–H groups in total. The van der Waals surface area contributed by atoms with Crippen LogP contribution in [0.15, 0.2) is 47.0 Å². The van der Waals surface area contributed by atoms with E-state index in [2.05, 4.69) is 16.0 Å². The van der Waals surface area contributed by atoms with Gasteiger partial charge in [-0.1, -0.05) is 17.3 Å². The van der Waals surface area contributed by atoms with Crippen molar-refractivity contribution in [1.29, 1.82) is 0 Å². The summed E-state index contributed by atoms with van der Waals surface area (Å²) in [5.41, 5.74) is 8.48. The fourth-order valence-corrected chi connectivity index (χ4v) is 4.45. The lowest BCUT2D eigenvalue weighted by Gasteiger charge is -2.32. The highest BCUT2D eigenvalue weighted by molar-refractivity contribution is 5.83. The van der Waals surface area contributed by atoms with E-state index in [1.165, 1.54) is 24.3 Å². The largest absolute Gasteiger partial charge is 0.356 e. The van der Waals surface area contributed by atoms with Crippen LogP contribution in [0.3, 0.4) is 0 Å². The SMILES string of the molecule is O=C(C1CC(c2ccc(F)cc2)NN1)N1CCC(c2noc3cc(F)ccc23)CC1. The number of hydrazine groups is 1. The number of carbonyl (C=O) groups is 1. The summed E-state index contributed by atoms with van der Waals surface area (Å²) in [5.74, 6) is -0.368. The Morgan fingerprint density at radius 3 is 2.53 bits per heavy atom. The van der Waals surface area contributed by atoms with Crippen LogP contribution in [0.5, 0.6) is 0 Å². The molecule has 2 aliphatic heterocycles. The number of piperidine rings is 1. The van der Waals surface area contributed by atoms with Crippen molar-refractivity contribution < 1.29 is 18.1 Å². The van der Waals surface area contributed by atoms with E-state index in [0.717, 1.165) is 29.5 Å². The van der Waals surface area contributed by atoms with Gasteiger partial charge in [-0.3, -0.25) is 4.79 Å². The van der Waals surface area contributed by atoms with Crippen LogP contribution < -0.4 is 10.9 Å². The quantitative estimate of drug-likeness (QED) is 0.690. The topological polar surface area (TPSA) is 70.4 Å². The standard InChI is InChI=1S/C22H22F2N4O2/c23-15-3-1-13(2-4-15)18-12-19(26-25-18)22(29)28-9-7-14(8-10-28)21-17-6-5-16(24)11-20(17)30-27-21/h1-6,11,14,18-19,25-26H,7-10,12H2. The molecule has 2 atom stereocenters. The molecule has 30 heavy (non-hydrogen) atoms. The Morgan fingerprint density at radius 2 is 1.77 bits per heavy atom. The summed E-state index contributed by atoms with van der Waals surface area (Å²) in [4.78, 5) is 14.8. The van der Waals surface area contributed by atoms with Gasteiger partial charge in [0, 0.05) is 36.5 Å². The maximum Gasteiger partial charge on any atom is 0.241 e. The van der Waals surface area contributed by atoms with Gasteiger partial charge in [0.1, 0.15) is 17.7 Å². The summed E-state index contributed by atoms with van der Waals surface area (Å²) in [6.07, 6.45) is 2.18. The van der Waals surface area contributed by atoms with Crippen molar-refractivity contribution in [2.75, 3.05) is 13.1 Å². The second-order valence-corrected chi connectivity index (χ2v) is 7.99. The highest BCUT2D eigenvalue weighted by Gasteiger charge is 2.35. The van der Waals surface area contributed by atoms with Crippen LogP contribution in [0.2, 0.25) is 0 Å². The van der Waals surface area contributed by atoms with Gasteiger partial charge in [0.05, 0.1) is 5.69 Å². The normalized spacial score (nSPS) is 22.7. The first-order chi connectivity index (χ1) is 14.6. The van der Waals surface area contributed by atoms with Crippen molar-refractivity contribution in [1.82, 2.24) is 20.9 Å². The lowest BCUT2D eigenvalue weighted by molar-refractivity contribution is -0.134. The maximum absolute atomic E-state index is 13.4. The molecule has 2 fully saturated rings. The molecule has 3 aromatic rings. The minimum Gasteiger partial charge on any atom is -0.356 e. The van der Waals surface area contributed by atoms with E-state index < -0.39 is 0 Å². The van der Waals surface area contributed by atoms with Crippen molar-refractivity contribution in [3.8, 4) is 0 Å². The number of halogens is 2. The predicted octanol–water partition coefficient (Wildman–Crippen LogP) is 3.42. The number of hydrogen-bond acceptors (Lipinski definition) is 5. The molecular weight excluding hydrogens is 390 g/mol. The Balaban J connectivity index is 1.20. The molecule has 156 valence electrons. The molecule has 0 radical (unpaired) electrons. The molecule has 0 saturated carbocycles. The molecule has 2 saturated heterocycles. The predicted molar refractivity (Wildman–Crippen MR) is 106 cm³/mol. The highest BCUT2D eigenvalue weighted by atomic mass is 19.1. The van der Waals surface area contributed by atoms with Crippen molar-refractivity contribution in [3.05, 3.63) is 65.4 Å².